The van der Waals surface area contributed by atoms with E-state index >= 15 is 0 Å². The van der Waals surface area contributed by atoms with Gasteiger partial charge in [-0.25, -0.2) is 0 Å². The maximum Gasteiger partial charge on any atom is 0.107 e. The average Bonchev–Trinajstić information content (AvgIpc) is 2.21. The Bertz CT molecular complexity index is 155. The molecule has 2 nitrogen and oxygen atoms in total. The van der Waals surface area contributed by atoms with Crippen molar-refractivity contribution in [3.05, 3.63) is 12.2 Å². The fourth-order valence-corrected chi connectivity index (χ4v) is 1.22. The number of hydrogen-bond acceptors (Lipinski definition) is 2. The maximum absolute atomic E-state index is 5.57. The summed E-state index contributed by atoms with van der Waals surface area (Å²) in [5.74, 6) is 0. The van der Waals surface area contributed by atoms with E-state index in [2.05, 4.69) is 30.9 Å². The second kappa shape index (κ2) is 10.2. The number of hydrogen-bond donors (Lipinski definition) is 0. The third kappa shape index (κ3) is 9.95. The SMILES string of the molecule is CCCCCC/C=C\COC(C)N(C)C. The van der Waals surface area contributed by atoms with Crippen LogP contribution in [-0.4, -0.2) is 31.8 Å². The summed E-state index contributed by atoms with van der Waals surface area (Å²) in [6, 6.07) is 0. The summed E-state index contributed by atoms with van der Waals surface area (Å²) in [5.41, 5.74) is 0. The summed E-state index contributed by atoms with van der Waals surface area (Å²) >= 11 is 0. The highest BCUT2D eigenvalue weighted by Crippen LogP contribution is 2.03. The molecule has 0 N–H and O–H groups in total. The van der Waals surface area contributed by atoms with Crippen LogP contribution in [0.25, 0.3) is 0 Å². The molecule has 15 heavy (non-hydrogen) atoms. The van der Waals surface area contributed by atoms with Crippen LogP contribution in [0, 0.1) is 0 Å². The number of ether oxygens (including phenoxy) is 1. The molecule has 0 bridgehead atoms. The first kappa shape index (κ1) is 14.7. The van der Waals surface area contributed by atoms with Gasteiger partial charge in [0.15, 0.2) is 0 Å². The molecule has 0 aliphatic carbocycles. The van der Waals surface area contributed by atoms with Crippen molar-refractivity contribution in [2.24, 2.45) is 0 Å². The predicted molar refractivity (Wildman–Crippen MR) is 67.0 cm³/mol. The molecular formula is C13H27NO. The zero-order chi connectivity index (χ0) is 11.5. The first-order valence-corrected chi connectivity index (χ1v) is 6.11. The van der Waals surface area contributed by atoms with Crippen LogP contribution in [0.15, 0.2) is 12.2 Å². The first-order chi connectivity index (χ1) is 7.18. The van der Waals surface area contributed by atoms with Crippen molar-refractivity contribution in [3.8, 4) is 0 Å². The molecule has 0 aliphatic heterocycles. The highest BCUT2D eigenvalue weighted by atomic mass is 16.5. The quantitative estimate of drug-likeness (QED) is 0.330. The van der Waals surface area contributed by atoms with E-state index in [0.717, 1.165) is 6.61 Å². The molecule has 0 saturated carbocycles. The molecule has 2 heteroatoms. The number of allylic oxidation sites excluding steroid dienone is 1. The van der Waals surface area contributed by atoms with Gasteiger partial charge in [0.05, 0.1) is 6.61 Å². The van der Waals surface area contributed by atoms with Crippen molar-refractivity contribution in [2.75, 3.05) is 20.7 Å². The molecule has 0 aromatic carbocycles. The highest BCUT2D eigenvalue weighted by molar-refractivity contribution is 4.81. The van der Waals surface area contributed by atoms with E-state index in [1.165, 1.54) is 32.1 Å². The summed E-state index contributed by atoms with van der Waals surface area (Å²) in [6.07, 6.45) is 11.1. The van der Waals surface area contributed by atoms with E-state index in [1.54, 1.807) is 0 Å². The fourth-order valence-electron chi connectivity index (χ4n) is 1.22. The molecule has 0 heterocycles. The molecule has 0 aromatic rings. The monoisotopic (exact) mass is 213 g/mol. The third-order valence-corrected chi connectivity index (χ3v) is 2.55. The van der Waals surface area contributed by atoms with Crippen molar-refractivity contribution in [1.82, 2.24) is 4.90 Å². The van der Waals surface area contributed by atoms with Gasteiger partial charge in [-0.3, -0.25) is 4.90 Å². The minimum absolute atomic E-state index is 0.203. The minimum Gasteiger partial charge on any atom is -0.359 e. The van der Waals surface area contributed by atoms with Crippen LogP contribution in [0.2, 0.25) is 0 Å². The van der Waals surface area contributed by atoms with Crippen molar-refractivity contribution >= 4 is 0 Å². The average molecular weight is 213 g/mol. The van der Waals surface area contributed by atoms with Gasteiger partial charge < -0.3 is 4.74 Å². The third-order valence-electron chi connectivity index (χ3n) is 2.55. The Labute approximate surface area is 95.3 Å². The van der Waals surface area contributed by atoms with E-state index in [1.807, 2.05) is 14.1 Å². The lowest BCUT2D eigenvalue weighted by molar-refractivity contribution is -0.00828. The van der Waals surface area contributed by atoms with Crippen LogP contribution >= 0.6 is 0 Å². The Hall–Kier alpha value is -0.340. The van der Waals surface area contributed by atoms with Crippen molar-refractivity contribution in [2.45, 2.75) is 52.2 Å². The van der Waals surface area contributed by atoms with Crippen LogP contribution in [0.4, 0.5) is 0 Å². The zero-order valence-electron chi connectivity index (χ0n) is 10.8. The molecule has 0 aliphatic rings. The first-order valence-electron chi connectivity index (χ1n) is 6.11. The van der Waals surface area contributed by atoms with Crippen molar-refractivity contribution in [1.29, 1.82) is 0 Å². The Balaban J connectivity index is 3.24. The Kier molecular flexibility index (Phi) is 9.96. The smallest absolute Gasteiger partial charge is 0.107 e. The Morgan fingerprint density at radius 1 is 1.13 bits per heavy atom. The van der Waals surface area contributed by atoms with Crippen LogP contribution in [0.5, 0.6) is 0 Å². The van der Waals surface area contributed by atoms with E-state index in [4.69, 9.17) is 4.74 Å². The van der Waals surface area contributed by atoms with Gasteiger partial charge in [0, 0.05) is 0 Å². The summed E-state index contributed by atoms with van der Waals surface area (Å²) in [4.78, 5) is 2.06. The van der Waals surface area contributed by atoms with Gasteiger partial charge in [-0.1, -0.05) is 38.3 Å². The van der Waals surface area contributed by atoms with E-state index < -0.39 is 0 Å². The normalized spacial score (nSPS) is 13.9. The van der Waals surface area contributed by atoms with Crippen LogP contribution < -0.4 is 0 Å². The fraction of sp³-hybridized carbons (Fsp3) is 0.846. The number of rotatable bonds is 9. The molecule has 0 aromatic heterocycles. The highest BCUT2D eigenvalue weighted by Gasteiger charge is 2.00. The molecule has 0 saturated heterocycles. The molecule has 0 amide bonds. The molecule has 1 unspecified atom stereocenters. The maximum atomic E-state index is 5.57. The topological polar surface area (TPSA) is 12.5 Å². The van der Waals surface area contributed by atoms with Gasteiger partial charge in [-0.05, 0) is 33.9 Å². The van der Waals surface area contributed by atoms with Gasteiger partial charge in [0.25, 0.3) is 0 Å². The second-order valence-corrected chi connectivity index (χ2v) is 4.22. The van der Waals surface area contributed by atoms with Crippen LogP contribution in [0.1, 0.15) is 46.0 Å². The van der Waals surface area contributed by atoms with E-state index in [-0.39, 0.29) is 6.23 Å². The molecule has 90 valence electrons. The largest absolute Gasteiger partial charge is 0.359 e. The minimum atomic E-state index is 0.203. The summed E-state index contributed by atoms with van der Waals surface area (Å²) in [5, 5.41) is 0. The summed E-state index contributed by atoms with van der Waals surface area (Å²) < 4.78 is 5.57. The van der Waals surface area contributed by atoms with E-state index in [0.29, 0.717) is 0 Å². The summed E-state index contributed by atoms with van der Waals surface area (Å²) in [7, 11) is 4.05. The lowest BCUT2D eigenvalue weighted by Crippen LogP contribution is -2.27. The Morgan fingerprint density at radius 3 is 2.47 bits per heavy atom. The van der Waals surface area contributed by atoms with Gasteiger partial charge in [0.1, 0.15) is 6.23 Å². The Morgan fingerprint density at radius 2 is 1.87 bits per heavy atom. The van der Waals surface area contributed by atoms with Crippen molar-refractivity contribution < 1.29 is 4.74 Å². The van der Waals surface area contributed by atoms with Gasteiger partial charge in [0.2, 0.25) is 0 Å². The standard InChI is InChI=1S/C13H27NO/c1-5-6-7-8-9-10-11-12-15-13(2)14(3)4/h10-11,13H,5-9,12H2,1-4H3/b11-10-. The molecule has 0 fully saturated rings. The van der Waals surface area contributed by atoms with Crippen LogP contribution in [0.3, 0.4) is 0 Å². The lowest BCUT2D eigenvalue weighted by Gasteiger charge is -2.18. The number of nitrogens with zero attached hydrogens (tertiary/aromatic N) is 1. The van der Waals surface area contributed by atoms with Crippen LogP contribution in [-0.2, 0) is 4.74 Å². The summed E-state index contributed by atoms with van der Waals surface area (Å²) in [6.45, 7) is 5.04. The molecule has 0 rings (SSSR count). The van der Waals surface area contributed by atoms with Gasteiger partial charge in [-0.2, -0.15) is 0 Å². The van der Waals surface area contributed by atoms with E-state index in [9.17, 15) is 0 Å². The van der Waals surface area contributed by atoms with Gasteiger partial charge in [-0.15, -0.1) is 0 Å². The lowest BCUT2D eigenvalue weighted by atomic mass is 10.1. The second-order valence-electron chi connectivity index (χ2n) is 4.22. The van der Waals surface area contributed by atoms with Gasteiger partial charge >= 0.3 is 0 Å². The molecule has 0 radical (unpaired) electrons. The molecule has 0 spiro atoms. The molecule has 1 atom stereocenters. The predicted octanol–water partition coefficient (Wildman–Crippen LogP) is 3.44. The van der Waals surface area contributed by atoms with Crippen molar-refractivity contribution in [3.63, 3.8) is 0 Å². The molecular weight excluding hydrogens is 186 g/mol. The zero-order valence-corrected chi connectivity index (χ0v) is 10.8. The number of unbranched alkanes of at least 4 members (excludes halogenated alkanes) is 4.